The number of aliphatic hydroxyl groups excluding tert-OH is 1. The number of hydrogen-bond acceptors (Lipinski definition) is 7. The van der Waals surface area contributed by atoms with Gasteiger partial charge in [-0.15, -0.1) is 0 Å². The van der Waals surface area contributed by atoms with Crippen LogP contribution >= 0.6 is 0 Å². The second-order valence-corrected chi connectivity index (χ2v) is 13.5. The lowest BCUT2D eigenvalue weighted by Crippen LogP contribution is -2.57. The lowest BCUT2D eigenvalue weighted by atomic mass is 9.96. The second kappa shape index (κ2) is 20.9. The Morgan fingerprint density at radius 2 is 1.46 bits per heavy atom. The first-order chi connectivity index (χ1) is 24.0. The highest BCUT2D eigenvalue weighted by Crippen LogP contribution is 2.20. The maximum absolute atomic E-state index is 14.0. The fourth-order valence-corrected chi connectivity index (χ4v) is 5.58. The minimum atomic E-state index is -1.17. The summed E-state index contributed by atoms with van der Waals surface area (Å²) in [6.45, 7) is 10.2. The Kier molecular flexibility index (Phi) is 16.7. The first kappa shape index (κ1) is 40.0. The summed E-state index contributed by atoms with van der Waals surface area (Å²) in [7, 11) is 0. The molecule has 0 aliphatic heterocycles. The lowest BCUT2D eigenvalue weighted by Gasteiger charge is -2.29. The number of benzene rings is 3. The van der Waals surface area contributed by atoms with Crippen LogP contribution in [0.4, 0.5) is 4.79 Å². The summed E-state index contributed by atoms with van der Waals surface area (Å²) in [6, 6.07) is 20.1. The van der Waals surface area contributed by atoms with E-state index in [4.69, 9.17) is 9.47 Å². The van der Waals surface area contributed by atoms with Crippen molar-refractivity contribution in [1.29, 1.82) is 0 Å². The number of rotatable bonds is 20. The Hall–Kier alpha value is -4.44. The van der Waals surface area contributed by atoms with Crippen molar-refractivity contribution in [2.45, 2.75) is 110 Å². The zero-order chi connectivity index (χ0) is 36.5. The normalized spacial score (nSPS) is 14.2. The van der Waals surface area contributed by atoms with Gasteiger partial charge in [-0.05, 0) is 46.6 Å². The summed E-state index contributed by atoms with van der Waals surface area (Å²) in [5.41, 5.74) is 1.65. The smallest absolute Gasteiger partial charge is 0.408 e. The molecule has 3 amide bonds. The van der Waals surface area contributed by atoms with Gasteiger partial charge in [0.2, 0.25) is 11.8 Å². The van der Waals surface area contributed by atoms with Gasteiger partial charge in [0.25, 0.3) is 0 Å². The third-order valence-corrected chi connectivity index (χ3v) is 8.72. The van der Waals surface area contributed by atoms with Crippen LogP contribution in [0.15, 0.2) is 72.8 Å². The van der Waals surface area contributed by atoms with E-state index in [1.54, 1.807) is 0 Å². The number of alkyl carbamates (subject to hydrolysis) is 1. The van der Waals surface area contributed by atoms with Gasteiger partial charge >= 0.3 is 12.1 Å². The van der Waals surface area contributed by atoms with Crippen LogP contribution in [0.3, 0.4) is 0 Å². The molecule has 1 unspecified atom stereocenters. The van der Waals surface area contributed by atoms with Gasteiger partial charge in [0.05, 0.1) is 25.2 Å². The van der Waals surface area contributed by atoms with Crippen LogP contribution in [0.2, 0.25) is 0 Å². The number of nitrogens with one attached hydrogen (secondary N) is 3. The highest BCUT2D eigenvalue weighted by Gasteiger charge is 2.31. The van der Waals surface area contributed by atoms with Crippen molar-refractivity contribution >= 4 is 34.6 Å². The number of carbonyl (C=O) groups excluding carboxylic acids is 4. The predicted octanol–water partition coefficient (Wildman–Crippen LogP) is 6.22. The van der Waals surface area contributed by atoms with Gasteiger partial charge in [-0.25, -0.2) is 4.79 Å². The van der Waals surface area contributed by atoms with Crippen molar-refractivity contribution in [3.8, 4) is 0 Å². The fourth-order valence-electron chi connectivity index (χ4n) is 5.58. The number of ether oxygens (including phenoxy) is 2. The molecule has 50 heavy (non-hydrogen) atoms. The van der Waals surface area contributed by atoms with Crippen molar-refractivity contribution in [3.63, 3.8) is 0 Å². The topological polar surface area (TPSA) is 143 Å². The number of hydrogen-bond donors (Lipinski definition) is 4. The van der Waals surface area contributed by atoms with Crippen molar-refractivity contribution < 1.29 is 33.8 Å². The average molecular weight is 690 g/mol. The number of aliphatic hydroxyl groups is 1. The van der Waals surface area contributed by atoms with E-state index in [1.807, 2.05) is 107 Å². The molecular weight excluding hydrogens is 634 g/mol. The largest absolute Gasteiger partial charge is 0.465 e. The SMILES string of the molecule is CCCC[C@H](NC(=O)[C@H](Cc1cccc2ccccc12)NC(=O)OCc1ccccc1)C(=O)N[C@@H](CC(C)C)[C@@H](O)CC(=O)OCC(C)CC. The zero-order valence-electron chi connectivity index (χ0n) is 30.2. The molecule has 0 fully saturated rings. The molecule has 0 saturated carbocycles. The summed E-state index contributed by atoms with van der Waals surface area (Å²) < 4.78 is 10.8. The highest BCUT2D eigenvalue weighted by atomic mass is 16.5. The molecule has 0 heterocycles. The van der Waals surface area contributed by atoms with E-state index in [-0.39, 0.29) is 37.9 Å². The summed E-state index contributed by atoms with van der Waals surface area (Å²) >= 11 is 0. The third-order valence-electron chi connectivity index (χ3n) is 8.72. The Balaban J connectivity index is 1.79. The quantitative estimate of drug-likeness (QED) is 0.103. The molecular formula is C40H55N3O7. The average Bonchev–Trinajstić information content (AvgIpc) is 3.11. The van der Waals surface area contributed by atoms with E-state index in [1.165, 1.54) is 0 Å². The first-order valence-electron chi connectivity index (χ1n) is 17.9. The van der Waals surface area contributed by atoms with Gasteiger partial charge in [-0.1, -0.05) is 127 Å². The summed E-state index contributed by atoms with van der Waals surface area (Å²) in [4.78, 5) is 53.3. The molecule has 3 aromatic carbocycles. The van der Waals surface area contributed by atoms with E-state index in [2.05, 4.69) is 16.0 Å². The van der Waals surface area contributed by atoms with E-state index in [0.29, 0.717) is 19.3 Å². The molecule has 0 aliphatic rings. The van der Waals surface area contributed by atoms with Gasteiger partial charge in [0, 0.05) is 6.42 Å². The lowest BCUT2D eigenvalue weighted by molar-refractivity contribution is -0.148. The van der Waals surface area contributed by atoms with E-state index in [9.17, 15) is 24.3 Å². The third kappa shape index (κ3) is 13.5. The van der Waals surface area contributed by atoms with Crippen molar-refractivity contribution in [2.24, 2.45) is 11.8 Å². The maximum atomic E-state index is 14.0. The predicted molar refractivity (Wildman–Crippen MR) is 195 cm³/mol. The van der Waals surface area contributed by atoms with Gasteiger partial charge in [-0.3, -0.25) is 14.4 Å². The number of amides is 3. The van der Waals surface area contributed by atoms with Crippen molar-refractivity contribution in [3.05, 3.63) is 83.9 Å². The Bertz CT molecular complexity index is 1510. The fraction of sp³-hybridized carbons (Fsp3) is 0.500. The van der Waals surface area contributed by atoms with Crippen molar-refractivity contribution in [2.75, 3.05) is 6.61 Å². The molecule has 0 saturated heterocycles. The molecule has 0 aliphatic carbocycles. The van der Waals surface area contributed by atoms with Crippen LogP contribution in [0.5, 0.6) is 0 Å². The van der Waals surface area contributed by atoms with Gasteiger partial charge in [0.15, 0.2) is 0 Å². The minimum absolute atomic E-state index is 0.0293. The number of unbranched alkanes of at least 4 members (excludes halogenated alkanes) is 1. The molecule has 0 radical (unpaired) electrons. The van der Waals surface area contributed by atoms with E-state index >= 15 is 0 Å². The molecule has 10 heteroatoms. The number of fused-ring (bicyclic) bond motifs is 1. The van der Waals surface area contributed by atoms with Gasteiger partial charge < -0.3 is 30.5 Å². The zero-order valence-corrected chi connectivity index (χ0v) is 30.2. The molecule has 0 aromatic heterocycles. The molecule has 4 N–H and O–H groups in total. The van der Waals surface area contributed by atoms with Crippen LogP contribution in [-0.2, 0) is 36.9 Å². The van der Waals surface area contributed by atoms with Crippen molar-refractivity contribution in [1.82, 2.24) is 16.0 Å². The van der Waals surface area contributed by atoms with Crippen LogP contribution in [0, 0.1) is 11.8 Å². The Morgan fingerprint density at radius 1 is 0.780 bits per heavy atom. The molecule has 5 atom stereocenters. The maximum Gasteiger partial charge on any atom is 0.408 e. The molecule has 3 rings (SSSR count). The van der Waals surface area contributed by atoms with Crippen LogP contribution in [-0.4, -0.2) is 59.8 Å². The monoisotopic (exact) mass is 689 g/mol. The molecule has 10 nitrogen and oxygen atoms in total. The molecule has 0 spiro atoms. The summed E-state index contributed by atoms with van der Waals surface area (Å²) in [5.74, 6) is -1.24. The van der Waals surface area contributed by atoms with Crippen LogP contribution in [0.25, 0.3) is 10.8 Å². The second-order valence-electron chi connectivity index (χ2n) is 13.5. The van der Waals surface area contributed by atoms with Crippen LogP contribution in [0.1, 0.15) is 84.3 Å². The highest BCUT2D eigenvalue weighted by molar-refractivity contribution is 5.92. The van der Waals surface area contributed by atoms with Gasteiger partial charge in [0.1, 0.15) is 18.7 Å². The Morgan fingerprint density at radius 3 is 2.16 bits per heavy atom. The van der Waals surface area contributed by atoms with Gasteiger partial charge in [-0.2, -0.15) is 0 Å². The Labute approximate surface area is 296 Å². The van der Waals surface area contributed by atoms with Crippen LogP contribution < -0.4 is 16.0 Å². The summed E-state index contributed by atoms with van der Waals surface area (Å²) in [6.07, 6.45) is 1.01. The number of esters is 1. The summed E-state index contributed by atoms with van der Waals surface area (Å²) in [5, 5.41) is 21.5. The van der Waals surface area contributed by atoms with E-state index < -0.39 is 48.1 Å². The molecule has 0 bridgehead atoms. The number of carbonyl (C=O) groups is 4. The van der Waals surface area contributed by atoms with E-state index in [0.717, 1.165) is 34.7 Å². The molecule has 272 valence electrons. The minimum Gasteiger partial charge on any atom is -0.465 e. The molecule has 3 aromatic rings. The standard InChI is InChI=1S/C40H55N3O7/c1-6-8-21-33(38(46)42-34(22-27(3)4)36(44)24-37(45)49-25-28(5)7-2)41-39(47)35(43-40(48)50-26-29-15-10-9-11-16-29)23-31-19-14-18-30-17-12-13-20-32(30)31/h9-20,27-28,33-36,44H,6-8,21-26H2,1-5H3,(H,41,47)(H,42,46)(H,43,48)/t28?,33-,34-,35-,36-/m0/s1. The first-order valence-corrected chi connectivity index (χ1v) is 17.9.